The maximum Gasteiger partial charge on any atom is 0.0490 e. The summed E-state index contributed by atoms with van der Waals surface area (Å²) in [7, 11) is 0. The van der Waals surface area contributed by atoms with Gasteiger partial charge in [-0.05, 0) is 19.0 Å². The molecule has 3 heteroatoms. The van der Waals surface area contributed by atoms with Gasteiger partial charge < -0.3 is 5.32 Å². The van der Waals surface area contributed by atoms with Crippen molar-refractivity contribution in [2.24, 2.45) is 0 Å². The van der Waals surface area contributed by atoms with Crippen molar-refractivity contribution in [1.82, 2.24) is 15.1 Å². The molecule has 104 valence electrons. The van der Waals surface area contributed by atoms with Gasteiger partial charge in [-0.15, -0.1) is 0 Å². The van der Waals surface area contributed by atoms with Crippen LogP contribution in [0.5, 0.6) is 0 Å². The minimum atomic E-state index is 0.466. The Hall–Kier alpha value is -0.900. The van der Waals surface area contributed by atoms with E-state index in [1.165, 1.54) is 43.9 Å². The van der Waals surface area contributed by atoms with Crippen LogP contribution in [-0.4, -0.2) is 55.1 Å². The smallest absolute Gasteiger partial charge is 0.0490 e. The molecule has 4 rings (SSSR count). The number of hydrogen-bond donors (Lipinski definition) is 1. The van der Waals surface area contributed by atoms with E-state index >= 15 is 0 Å². The molecule has 0 amide bonds. The molecule has 0 spiro atoms. The lowest BCUT2D eigenvalue weighted by Crippen LogP contribution is -2.63. The standard InChI is InChI=1S/C16H25N3/c1-3-17-16(14-6-4-13(2)5-7-14)15-12-18-8-10-19(15)11-9-18/h4-7,15-17H,3,8-12H2,1-2H3. The molecule has 3 nitrogen and oxygen atoms in total. The molecular formula is C16H25N3. The maximum atomic E-state index is 3.70. The molecule has 1 aromatic rings. The lowest BCUT2D eigenvalue weighted by atomic mass is 9.93. The van der Waals surface area contributed by atoms with E-state index in [-0.39, 0.29) is 0 Å². The van der Waals surface area contributed by atoms with Gasteiger partial charge in [-0.25, -0.2) is 0 Å². The Morgan fingerprint density at radius 2 is 1.84 bits per heavy atom. The molecule has 0 aromatic heterocycles. The fourth-order valence-corrected chi connectivity index (χ4v) is 3.44. The molecule has 1 N–H and O–H groups in total. The molecule has 0 aliphatic carbocycles. The Morgan fingerprint density at radius 1 is 1.16 bits per heavy atom. The second-order valence-corrected chi connectivity index (χ2v) is 5.85. The van der Waals surface area contributed by atoms with Crippen LogP contribution in [-0.2, 0) is 0 Å². The molecule has 0 radical (unpaired) electrons. The summed E-state index contributed by atoms with van der Waals surface area (Å²) in [4.78, 5) is 5.29. The van der Waals surface area contributed by atoms with Gasteiger partial charge >= 0.3 is 0 Å². The first kappa shape index (κ1) is 13.1. The highest BCUT2D eigenvalue weighted by atomic mass is 15.4. The van der Waals surface area contributed by atoms with Crippen molar-refractivity contribution in [2.45, 2.75) is 25.9 Å². The zero-order chi connectivity index (χ0) is 13.2. The first-order chi connectivity index (χ1) is 9.28. The normalized spacial score (nSPS) is 31.4. The average molecular weight is 259 g/mol. The summed E-state index contributed by atoms with van der Waals surface area (Å²) in [6.45, 7) is 11.6. The van der Waals surface area contributed by atoms with Gasteiger partial charge in [-0.1, -0.05) is 36.8 Å². The molecule has 3 fully saturated rings. The minimum absolute atomic E-state index is 0.466. The van der Waals surface area contributed by atoms with E-state index in [4.69, 9.17) is 0 Å². The van der Waals surface area contributed by atoms with Crippen molar-refractivity contribution in [1.29, 1.82) is 0 Å². The molecule has 2 unspecified atom stereocenters. The van der Waals surface area contributed by atoms with Crippen LogP contribution in [0, 0.1) is 6.92 Å². The van der Waals surface area contributed by atoms with Gasteiger partial charge in [-0.3, -0.25) is 9.80 Å². The lowest BCUT2D eigenvalue weighted by Gasteiger charge is -2.50. The summed E-state index contributed by atoms with van der Waals surface area (Å²) in [5.74, 6) is 0. The number of nitrogens with zero attached hydrogens (tertiary/aromatic N) is 2. The van der Waals surface area contributed by atoms with Crippen LogP contribution in [0.2, 0.25) is 0 Å². The van der Waals surface area contributed by atoms with Crippen LogP contribution in [0.25, 0.3) is 0 Å². The lowest BCUT2D eigenvalue weighted by molar-refractivity contribution is -0.00343. The summed E-state index contributed by atoms with van der Waals surface area (Å²) < 4.78 is 0. The van der Waals surface area contributed by atoms with Crippen molar-refractivity contribution in [3.63, 3.8) is 0 Å². The molecule has 2 bridgehead atoms. The molecule has 1 aromatic carbocycles. The van der Waals surface area contributed by atoms with Crippen molar-refractivity contribution >= 4 is 0 Å². The van der Waals surface area contributed by atoms with E-state index in [0.717, 1.165) is 6.54 Å². The molecule has 3 aliphatic heterocycles. The summed E-state index contributed by atoms with van der Waals surface area (Å²) in [5.41, 5.74) is 2.78. The Kier molecular flexibility index (Phi) is 3.87. The summed E-state index contributed by atoms with van der Waals surface area (Å²) >= 11 is 0. The van der Waals surface area contributed by atoms with Crippen LogP contribution >= 0.6 is 0 Å². The monoisotopic (exact) mass is 259 g/mol. The van der Waals surface area contributed by atoms with E-state index in [0.29, 0.717) is 12.1 Å². The summed E-state index contributed by atoms with van der Waals surface area (Å²) in [5, 5.41) is 3.70. The second kappa shape index (κ2) is 5.61. The topological polar surface area (TPSA) is 18.5 Å². The Bertz CT molecular complexity index is 407. The molecule has 3 saturated heterocycles. The molecule has 2 atom stereocenters. The van der Waals surface area contributed by atoms with Gasteiger partial charge in [0.05, 0.1) is 0 Å². The van der Waals surface area contributed by atoms with Crippen LogP contribution in [0.1, 0.15) is 24.1 Å². The number of likely N-dealkylation sites (N-methyl/N-ethyl adjacent to an activating group) is 1. The fourth-order valence-electron chi connectivity index (χ4n) is 3.44. The zero-order valence-corrected chi connectivity index (χ0v) is 12.1. The number of hydrogen-bond acceptors (Lipinski definition) is 3. The highest BCUT2D eigenvalue weighted by molar-refractivity contribution is 5.26. The van der Waals surface area contributed by atoms with Gasteiger partial charge in [-0.2, -0.15) is 0 Å². The third kappa shape index (κ3) is 2.69. The highest BCUT2D eigenvalue weighted by Gasteiger charge is 2.36. The van der Waals surface area contributed by atoms with Gasteiger partial charge in [0.2, 0.25) is 0 Å². The number of nitrogens with one attached hydrogen (secondary N) is 1. The van der Waals surface area contributed by atoms with Crippen molar-refractivity contribution < 1.29 is 0 Å². The predicted octanol–water partition coefficient (Wildman–Crippen LogP) is 1.65. The predicted molar refractivity (Wildman–Crippen MR) is 79.4 cm³/mol. The molecule has 3 heterocycles. The van der Waals surface area contributed by atoms with Gasteiger partial charge in [0.1, 0.15) is 0 Å². The van der Waals surface area contributed by atoms with E-state index < -0.39 is 0 Å². The third-order valence-corrected chi connectivity index (χ3v) is 4.57. The Balaban J connectivity index is 1.82. The number of benzene rings is 1. The van der Waals surface area contributed by atoms with E-state index in [1.54, 1.807) is 0 Å². The maximum absolute atomic E-state index is 3.70. The number of aryl methyl sites for hydroxylation is 1. The first-order valence-electron chi connectivity index (χ1n) is 7.54. The third-order valence-electron chi connectivity index (χ3n) is 4.57. The largest absolute Gasteiger partial charge is 0.309 e. The highest BCUT2D eigenvalue weighted by Crippen LogP contribution is 2.27. The van der Waals surface area contributed by atoms with Crippen molar-refractivity contribution in [3.05, 3.63) is 35.4 Å². The Labute approximate surface area is 116 Å². The fraction of sp³-hybridized carbons (Fsp3) is 0.625. The first-order valence-corrected chi connectivity index (χ1v) is 7.54. The van der Waals surface area contributed by atoms with E-state index in [2.05, 4.69) is 53.2 Å². The summed E-state index contributed by atoms with van der Waals surface area (Å²) in [6.07, 6.45) is 0. The van der Waals surface area contributed by atoms with Gasteiger partial charge in [0.25, 0.3) is 0 Å². The number of piperazine rings is 3. The van der Waals surface area contributed by atoms with Crippen LogP contribution in [0.3, 0.4) is 0 Å². The number of rotatable bonds is 4. The van der Waals surface area contributed by atoms with Crippen molar-refractivity contribution in [2.75, 3.05) is 39.3 Å². The average Bonchev–Trinajstić information content (AvgIpc) is 2.47. The van der Waals surface area contributed by atoms with Crippen LogP contribution < -0.4 is 5.32 Å². The molecular weight excluding hydrogens is 234 g/mol. The van der Waals surface area contributed by atoms with Gasteiger partial charge in [0, 0.05) is 44.8 Å². The number of fused-ring (bicyclic) bond motifs is 3. The Morgan fingerprint density at radius 3 is 2.37 bits per heavy atom. The van der Waals surface area contributed by atoms with Crippen LogP contribution in [0.15, 0.2) is 24.3 Å². The summed E-state index contributed by atoms with van der Waals surface area (Å²) in [6, 6.07) is 10.1. The van der Waals surface area contributed by atoms with Crippen LogP contribution in [0.4, 0.5) is 0 Å². The molecule has 19 heavy (non-hydrogen) atoms. The van der Waals surface area contributed by atoms with E-state index in [9.17, 15) is 0 Å². The van der Waals surface area contributed by atoms with E-state index in [1.807, 2.05) is 0 Å². The molecule has 3 aliphatic rings. The van der Waals surface area contributed by atoms with Crippen molar-refractivity contribution in [3.8, 4) is 0 Å². The zero-order valence-electron chi connectivity index (χ0n) is 12.1. The quantitative estimate of drug-likeness (QED) is 0.887. The second-order valence-electron chi connectivity index (χ2n) is 5.85. The van der Waals surface area contributed by atoms with Gasteiger partial charge in [0.15, 0.2) is 0 Å². The molecule has 0 saturated carbocycles. The minimum Gasteiger partial charge on any atom is -0.309 e. The SMILES string of the molecule is CCNC(c1ccc(C)cc1)C1CN2CCN1CC2.